The lowest BCUT2D eigenvalue weighted by Gasteiger charge is -2.11. The molecule has 0 spiro atoms. The first-order valence-corrected chi connectivity index (χ1v) is 6.05. The number of carboxylic acids is 1. The highest BCUT2D eigenvalue weighted by atomic mass is 32.2. The van der Waals surface area contributed by atoms with Crippen LogP contribution in [0.25, 0.3) is 0 Å². The Balaban J connectivity index is 3.89. The maximum absolute atomic E-state index is 11.3. The maximum atomic E-state index is 11.3. The van der Waals surface area contributed by atoms with Crippen LogP contribution in [0, 0.1) is 0 Å². The number of carboxylic acid groups (broad SMARTS) is 1. The van der Waals surface area contributed by atoms with Crippen LogP contribution in [0.2, 0.25) is 0 Å². The molecule has 1 amide bonds. The number of nitrogens with two attached hydrogens (primary N) is 1. The van der Waals surface area contributed by atoms with Gasteiger partial charge in [-0.15, -0.1) is 0 Å². The largest absolute Gasteiger partial charge is 0.480 e. The van der Waals surface area contributed by atoms with Gasteiger partial charge in [0.25, 0.3) is 0 Å². The zero-order chi connectivity index (χ0) is 12.6. The average Bonchev–Trinajstić information content (AvgIpc) is 2.24. The molecule has 0 aliphatic rings. The van der Waals surface area contributed by atoms with Gasteiger partial charge in [0, 0.05) is 12.2 Å². The molecule has 0 aromatic rings. The number of hydrogen-bond acceptors (Lipinski definition) is 5. The fraction of sp³-hybridized carbons (Fsp3) is 0.667. The topological polar surface area (TPSA) is 109 Å². The van der Waals surface area contributed by atoms with Gasteiger partial charge in [0.2, 0.25) is 12.2 Å². The number of amides is 1. The van der Waals surface area contributed by atoms with E-state index in [0.717, 1.165) is 0 Å². The molecule has 91 valence electrons. The summed E-state index contributed by atoms with van der Waals surface area (Å²) in [6, 6.07) is -1.70. The summed E-state index contributed by atoms with van der Waals surface area (Å²) in [5.41, 5.74) is 5.23. The normalized spacial score (nSPS) is 13.9. The highest BCUT2D eigenvalue weighted by molar-refractivity contribution is 7.98. The first kappa shape index (κ1) is 14.9. The van der Waals surface area contributed by atoms with Crippen molar-refractivity contribution in [2.24, 2.45) is 5.73 Å². The summed E-state index contributed by atoms with van der Waals surface area (Å²) in [6.45, 7) is 0. The van der Waals surface area contributed by atoms with E-state index in [1.54, 1.807) is 12.5 Å². The van der Waals surface area contributed by atoms with E-state index in [2.05, 4.69) is 5.32 Å². The van der Waals surface area contributed by atoms with Crippen LogP contribution in [0.1, 0.15) is 12.8 Å². The number of rotatable bonds is 8. The van der Waals surface area contributed by atoms with E-state index >= 15 is 0 Å². The number of carbonyl (C=O) groups excluding carboxylic acids is 2. The van der Waals surface area contributed by atoms with Crippen molar-refractivity contribution in [1.29, 1.82) is 0 Å². The molecule has 0 aromatic carbocycles. The third-order valence-electron chi connectivity index (χ3n) is 1.81. The smallest absolute Gasteiger partial charge is 0.320 e. The van der Waals surface area contributed by atoms with E-state index < -0.39 is 18.1 Å². The van der Waals surface area contributed by atoms with Gasteiger partial charge in [0.1, 0.15) is 12.1 Å². The Bertz CT molecular complexity index is 260. The zero-order valence-electron chi connectivity index (χ0n) is 8.93. The lowest BCUT2D eigenvalue weighted by molar-refractivity contribution is -0.138. The number of hydrogen-bond donors (Lipinski definition) is 3. The van der Waals surface area contributed by atoms with E-state index in [4.69, 9.17) is 10.8 Å². The van der Waals surface area contributed by atoms with Crippen LogP contribution in [-0.2, 0) is 14.4 Å². The SMILES string of the molecule is CSCC([C]=O)NC(=O)CCC(N)C(=O)O. The van der Waals surface area contributed by atoms with Gasteiger partial charge >= 0.3 is 5.97 Å². The molecule has 0 saturated heterocycles. The first-order chi connectivity index (χ1) is 7.51. The minimum Gasteiger partial charge on any atom is -0.480 e. The fourth-order valence-electron chi connectivity index (χ4n) is 0.948. The second kappa shape index (κ2) is 8.12. The minimum absolute atomic E-state index is 0.0139. The Hall–Kier alpha value is -1.08. The van der Waals surface area contributed by atoms with Crippen molar-refractivity contribution in [3.05, 3.63) is 0 Å². The standard InChI is InChI=1S/C9H15N2O4S/c1-16-5-6(4-12)11-8(13)3-2-7(10)9(14)15/h6-7H,2-3,5,10H2,1H3,(H,11,13)(H,14,15). The molecule has 2 atom stereocenters. The summed E-state index contributed by atoms with van der Waals surface area (Å²) in [4.78, 5) is 32.0. The molecule has 1 radical (unpaired) electrons. The van der Waals surface area contributed by atoms with Crippen LogP contribution >= 0.6 is 11.8 Å². The van der Waals surface area contributed by atoms with Crippen molar-refractivity contribution in [2.45, 2.75) is 24.9 Å². The molecular weight excluding hydrogens is 232 g/mol. The van der Waals surface area contributed by atoms with E-state index in [1.165, 1.54) is 11.8 Å². The average molecular weight is 247 g/mol. The van der Waals surface area contributed by atoms with E-state index in [1.807, 2.05) is 0 Å². The lowest BCUT2D eigenvalue weighted by atomic mass is 10.1. The summed E-state index contributed by atoms with van der Waals surface area (Å²) in [6.07, 6.45) is 3.53. The van der Waals surface area contributed by atoms with E-state index in [-0.39, 0.29) is 18.7 Å². The number of carbonyl (C=O) groups is 2. The van der Waals surface area contributed by atoms with E-state index in [9.17, 15) is 14.4 Å². The van der Waals surface area contributed by atoms with Crippen molar-refractivity contribution >= 4 is 29.9 Å². The predicted molar refractivity (Wildman–Crippen MR) is 60.9 cm³/mol. The molecule has 0 bridgehead atoms. The van der Waals surface area contributed by atoms with Crippen molar-refractivity contribution < 1.29 is 19.5 Å². The number of aliphatic carboxylic acids is 1. The number of nitrogens with one attached hydrogen (secondary N) is 1. The van der Waals surface area contributed by atoms with E-state index in [0.29, 0.717) is 5.75 Å². The predicted octanol–water partition coefficient (Wildman–Crippen LogP) is -0.864. The summed E-state index contributed by atoms with van der Waals surface area (Å²) < 4.78 is 0. The summed E-state index contributed by atoms with van der Waals surface area (Å²) in [5, 5.41) is 10.9. The molecule has 0 fully saturated rings. The van der Waals surface area contributed by atoms with Crippen molar-refractivity contribution in [3.8, 4) is 0 Å². The molecule has 4 N–H and O–H groups in total. The third-order valence-corrected chi connectivity index (χ3v) is 2.48. The first-order valence-electron chi connectivity index (χ1n) is 4.65. The Labute approximate surface area is 98.0 Å². The van der Waals surface area contributed by atoms with Gasteiger partial charge in [-0.25, -0.2) is 0 Å². The number of thioether (sulfide) groups is 1. The van der Waals surface area contributed by atoms with Crippen molar-refractivity contribution in [3.63, 3.8) is 0 Å². The molecule has 0 heterocycles. The van der Waals surface area contributed by atoms with Crippen molar-refractivity contribution in [2.75, 3.05) is 12.0 Å². The molecule has 0 rings (SSSR count). The van der Waals surface area contributed by atoms with Crippen LogP contribution in [0.5, 0.6) is 0 Å². The molecule has 7 heteroatoms. The molecule has 0 saturated carbocycles. The van der Waals surface area contributed by atoms with Crippen LogP contribution in [0.4, 0.5) is 0 Å². The second-order valence-corrected chi connectivity index (χ2v) is 4.09. The Morgan fingerprint density at radius 2 is 2.19 bits per heavy atom. The van der Waals surface area contributed by atoms with Gasteiger partial charge in [0.05, 0.1) is 0 Å². The van der Waals surface area contributed by atoms with Gasteiger partial charge in [-0.3, -0.25) is 14.4 Å². The second-order valence-electron chi connectivity index (χ2n) is 3.18. The summed E-state index contributed by atoms with van der Waals surface area (Å²) in [7, 11) is 0. The van der Waals surface area contributed by atoms with Crippen LogP contribution < -0.4 is 11.1 Å². The molecule has 2 unspecified atom stereocenters. The molecule has 6 nitrogen and oxygen atoms in total. The van der Waals surface area contributed by atoms with Gasteiger partial charge in [-0.05, 0) is 12.7 Å². The van der Waals surface area contributed by atoms with Crippen LogP contribution in [-0.4, -0.2) is 47.4 Å². The molecule has 0 aromatic heterocycles. The molecule has 0 aliphatic heterocycles. The lowest BCUT2D eigenvalue weighted by Crippen LogP contribution is -2.39. The summed E-state index contributed by atoms with van der Waals surface area (Å²) >= 11 is 1.41. The minimum atomic E-state index is -1.14. The Morgan fingerprint density at radius 3 is 2.62 bits per heavy atom. The van der Waals surface area contributed by atoms with Gasteiger partial charge in [-0.2, -0.15) is 11.8 Å². The highest BCUT2D eigenvalue weighted by Crippen LogP contribution is 1.98. The summed E-state index contributed by atoms with van der Waals surface area (Å²) in [5.74, 6) is -1.09. The van der Waals surface area contributed by atoms with Crippen LogP contribution in [0.15, 0.2) is 0 Å². The third kappa shape index (κ3) is 6.41. The van der Waals surface area contributed by atoms with Crippen molar-refractivity contribution in [1.82, 2.24) is 5.32 Å². The monoisotopic (exact) mass is 247 g/mol. The maximum Gasteiger partial charge on any atom is 0.320 e. The molecule has 0 aliphatic carbocycles. The van der Waals surface area contributed by atoms with Gasteiger partial charge < -0.3 is 16.2 Å². The van der Waals surface area contributed by atoms with Crippen LogP contribution in [0.3, 0.4) is 0 Å². The molecular formula is C9H15N2O4S. The quantitative estimate of drug-likeness (QED) is 0.514. The Kier molecular flexibility index (Phi) is 7.57. The highest BCUT2D eigenvalue weighted by Gasteiger charge is 2.15. The van der Waals surface area contributed by atoms with Gasteiger partial charge in [0.15, 0.2) is 0 Å². The van der Waals surface area contributed by atoms with Gasteiger partial charge in [-0.1, -0.05) is 0 Å². The molecule has 16 heavy (non-hydrogen) atoms. The fourth-order valence-corrected chi connectivity index (χ4v) is 1.43. The zero-order valence-corrected chi connectivity index (χ0v) is 9.75. The Morgan fingerprint density at radius 1 is 1.56 bits per heavy atom.